The fraction of sp³-hybridized carbons (Fsp3) is 0.400. The molecule has 174 valence electrons. The fourth-order valence-corrected chi connectivity index (χ4v) is 4.22. The Morgan fingerprint density at radius 2 is 2.19 bits per heavy atom. The standard InChI is InChI=1S/C20H24ClF3N6OS/c1-2-30(17(19(21)25)12-28-15-4-3-6-26-11-15)18(31)5-9-32-16(10-20(22,23)24)13-29-8-7-27-14-29/h3-4,6-8,11-12,14,16,25,28H,2,5,9-10,13H2,1H3/b17-12+,25-19?. The van der Waals surface area contributed by atoms with E-state index in [1.165, 1.54) is 23.6 Å². The molecule has 0 fully saturated rings. The molecule has 7 nitrogen and oxygen atoms in total. The molecule has 0 aromatic carbocycles. The Bertz CT molecular complexity index is 892. The normalized spacial score (nSPS) is 13.0. The van der Waals surface area contributed by atoms with Crippen LogP contribution in [0, 0.1) is 5.41 Å². The Morgan fingerprint density at radius 3 is 2.75 bits per heavy atom. The molecule has 1 amide bonds. The molecule has 12 heteroatoms. The van der Waals surface area contributed by atoms with Gasteiger partial charge in [-0.2, -0.15) is 24.9 Å². The van der Waals surface area contributed by atoms with Gasteiger partial charge in [0.25, 0.3) is 0 Å². The van der Waals surface area contributed by atoms with Crippen LogP contribution in [-0.4, -0.2) is 54.2 Å². The summed E-state index contributed by atoms with van der Waals surface area (Å²) in [5.74, 6) is -0.137. The maximum Gasteiger partial charge on any atom is 0.390 e. The third-order valence-electron chi connectivity index (χ3n) is 4.27. The number of carbonyl (C=O) groups excluding carboxylic acids is 1. The van der Waals surface area contributed by atoms with Gasteiger partial charge in [0.2, 0.25) is 5.91 Å². The predicted octanol–water partition coefficient (Wildman–Crippen LogP) is 4.74. The van der Waals surface area contributed by atoms with Gasteiger partial charge in [0.05, 0.1) is 30.3 Å². The molecule has 2 rings (SSSR count). The van der Waals surface area contributed by atoms with Crippen LogP contribution in [0.3, 0.4) is 0 Å². The second-order valence-corrected chi connectivity index (χ2v) is 8.48. The van der Waals surface area contributed by atoms with Crippen LogP contribution in [0.4, 0.5) is 18.9 Å². The number of aromatic nitrogens is 3. The number of halogens is 4. The Hall–Kier alpha value is -2.53. The summed E-state index contributed by atoms with van der Waals surface area (Å²) in [5, 5.41) is 9.66. The van der Waals surface area contributed by atoms with Crippen molar-refractivity contribution in [1.82, 2.24) is 19.4 Å². The van der Waals surface area contributed by atoms with E-state index in [4.69, 9.17) is 17.0 Å². The molecule has 0 aliphatic carbocycles. The summed E-state index contributed by atoms with van der Waals surface area (Å²) in [5.41, 5.74) is 0.815. The van der Waals surface area contributed by atoms with Crippen molar-refractivity contribution in [2.45, 2.75) is 37.7 Å². The monoisotopic (exact) mass is 488 g/mol. The fourth-order valence-electron chi connectivity index (χ4n) is 2.85. The molecular formula is C20H24ClF3N6OS. The molecule has 0 saturated heterocycles. The summed E-state index contributed by atoms with van der Waals surface area (Å²) in [7, 11) is 0. The van der Waals surface area contributed by atoms with E-state index in [0.29, 0.717) is 5.69 Å². The summed E-state index contributed by atoms with van der Waals surface area (Å²) >= 11 is 6.98. The van der Waals surface area contributed by atoms with Crippen LogP contribution in [0.1, 0.15) is 19.8 Å². The molecule has 0 aliphatic rings. The number of nitrogens with one attached hydrogen (secondary N) is 2. The van der Waals surface area contributed by atoms with Crippen LogP contribution >= 0.6 is 23.4 Å². The number of rotatable bonds is 12. The Balaban J connectivity index is 1.99. The van der Waals surface area contributed by atoms with Crippen LogP contribution in [0.2, 0.25) is 0 Å². The number of amides is 1. The third kappa shape index (κ3) is 8.91. The lowest BCUT2D eigenvalue weighted by atomic mass is 10.3. The number of thioether (sulfide) groups is 1. The zero-order valence-corrected chi connectivity index (χ0v) is 18.9. The number of hydrogen-bond acceptors (Lipinski definition) is 6. The molecular weight excluding hydrogens is 465 g/mol. The van der Waals surface area contributed by atoms with Crippen LogP contribution in [0.25, 0.3) is 0 Å². The zero-order chi connectivity index (χ0) is 23.6. The first-order chi connectivity index (χ1) is 15.2. The highest BCUT2D eigenvalue weighted by molar-refractivity contribution is 7.99. The molecule has 2 aromatic heterocycles. The lowest BCUT2D eigenvalue weighted by Crippen LogP contribution is -2.33. The summed E-state index contributed by atoms with van der Waals surface area (Å²) in [6, 6.07) is 3.48. The van der Waals surface area contributed by atoms with E-state index in [1.807, 2.05) is 0 Å². The van der Waals surface area contributed by atoms with Crippen molar-refractivity contribution in [3.63, 3.8) is 0 Å². The van der Waals surface area contributed by atoms with Crippen LogP contribution in [-0.2, 0) is 11.3 Å². The molecule has 0 aliphatic heterocycles. The van der Waals surface area contributed by atoms with Crippen LogP contribution in [0.5, 0.6) is 0 Å². The van der Waals surface area contributed by atoms with Gasteiger partial charge in [-0.25, -0.2) is 4.98 Å². The SMILES string of the molecule is CCN(C(=O)CCSC(Cn1ccnc1)CC(F)(F)F)/C(=C/Nc1cccnc1)C(=N)Cl. The van der Waals surface area contributed by atoms with Gasteiger partial charge >= 0.3 is 6.18 Å². The van der Waals surface area contributed by atoms with E-state index in [-0.39, 0.29) is 42.0 Å². The summed E-state index contributed by atoms with van der Waals surface area (Å²) < 4.78 is 40.4. The number of hydrogen-bond donors (Lipinski definition) is 2. The molecule has 2 aromatic rings. The third-order valence-corrected chi connectivity index (χ3v) is 5.69. The molecule has 0 saturated carbocycles. The van der Waals surface area contributed by atoms with Crippen LogP contribution in [0.15, 0.2) is 55.1 Å². The van der Waals surface area contributed by atoms with Crippen molar-refractivity contribution in [2.24, 2.45) is 0 Å². The smallest absolute Gasteiger partial charge is 0.358 e. The molecule has 1 atom stereocenters. The second-order valence-electron chi connectivity index (χ2n) is 6.69. The predicted molar refractivity (Wildman–Crippen MR) is 121 cm³/mol. The molecule has 0 radical (unpaired) electrons. The number of alkyl halides is 3. The maximum absolute atomic E-state index is 13.0. The van der Waals surface area contributed by atoms with Gasteiger partial charge in [0.1, 0.15) is 5.17 Å². The first-order valence-corrected chi connectivity index (χ1v) is 11.2. The molecule has 0 bridgehead atoms. The Kier molecular flexibility index (Phi) is 10.0. The van der Waals surface area contributed by atoms with E-state index < -0.39 is 17.8 Å². The zero-order valence-electron chi connectivity index (χ0n) is 17.3. The largest absolute Gasteiger partial charge is 0.390 e. The first-order valence-electron chi connectivity index (χ1n) is 9.75. The van der Waals surface area contributed by atoms with E-state index in [2.05, 4.69) is 15.3 Å². The number of anilines is 1. The van der Waals surface area contributed by atoms with E-state index in [1.54, 1.807) is 42.2 Å². The highest BCUT2D eigenvalue weighted by atomic mass is 35.5. The van der Waals surface area contributed by atoms with Crippen LogP contribution < -0.4 is 5.32 Å². The van der Waals surface area contributed by atoms with Crippen molar-refractivity contribution in [3.8, 4) is 0 Å². The van der Waals surface area contributed by atoms with Crippen molar-refractivity contribution in [2.75, 3.05) is 17.6 Å². The minimum Gasteiger partial charge on any atom is -0.358 e. The minimum atomic E-state index is -4.31. The number of imidazole rings is 1. The van der Waals surface area contributed by atoms with Crippen molar-refractivity contribution < 1.29 is 18.0 Å². The van der Waals surface area contributed by atoms with Gasteiger partial charge in [0.15, 0.2) is 0 Å². The molecule has 1 unspecified atom stereocenters. The highest BCUT2D eigenvalue weighted by Gasteiger charge is 2.32. The lowest BCUT2D eigenvalue weighted by Gasteiger charge is -2.24. The Morgan fingerprint density at radius 1 is 1.41 bits per heavy atom. The summed E-state index contributed by atoms with van der Waals surface area (Å²) in [4.78, 5) is 21.9. The first kappa shape index (κ1) is 25.7. The maximum atomic E-state index is 13.0. The Labute approximate surface area is 193 Å². The number of carbonyl (C=O) groups is 1. The molecule has 2 N–H and O–H groups in total. The van der Waals surface area contributed by atoms with Gasteiger partial charge in [0, 0.05) is 55.3 Å². The van der Waals surface area contributed by atoms with Crippen molar-refractivity contribution in [3.05, 3.63) is 55.1 Å². The summed E-state index contributed by atoms with van der Waals surface area (Å²) in [6.07, 6.45) is 3.93. The van der Waals surface area contributed by atoms with Gasteiger partial charge in [-0.15, -0.1) is 0 Å². The van der Waals surface area contributed by atoms with Gasteiger partial charge in [-0.05, 0) is 19.1 Å². The number of nitrogens with zero attached hydrogens (tertiary/aromatic N) is 4. The molecule has 2 heterocycles. The van der Waals surface area contributed by atoms with E-state index in [9.17, 15) is 18.0 Å². The molecule has 32 heavy (non-hydrogen) atoms. The highest BCUT2D eigenvalue weighted by Crippen LogP contribution is 2.29. The number of pyridine rings is 1. The average molecular weight is 489 g/mol. The average Bonchev–Trinajstić information content (AvgIpc) is 3.23. The van der Waals surface area contributed by atoms with Gasteiger partial charge in [-0.1, -0.05) is 11.6 Å². The lowest BCUT2D eigenvalue weighted by molar-refractivity contribution is -0.134. The second kappa shape index (κ2) is 12.5. The van der Waals surface area contributed by atoms with Gasteiger partial charge in [-0.3, -0.25) is 15.2 Å². The molecule has 0 spiro atoms. The number of allylic oxidation sites excluding steroid dienone is 1. The van der Waals surface area contributed by atoms with Gasteiger partial charge < -0.3 is 14.8 Å². The van der Waals surface area contributed by atoms with Crippen molar-refractivity contribution in [1.29, 1.82) is 5.41 Å². The quantitative estimate of drug-likeness (QED) is 0.421. The summed E-state index contributed by atoms with van der Waals surface area (Å²) in [6.45, 7) is 2.12. The van der Waals surface area contributed by atoms with Crippen molar-refractivity contribution >= 4 is 40.1 Å². The minimum absolute atomic E-state index is 0.00515. The topological polar surface area (TPSA) is 86.9 Å². The van der Waals surface area contributed by atoms with E-state index >= 15 is 0 Å². The van der Waals surface area contributed by atoms with E-state index in [0.717, 1.165) is 11.8 Å².